The maximum Gasteiger partial charge on any atom is 0.0496 e. The van der Waals surface area contributed by atoms with Gasteiger partial charge in [0.15, 0.2) is 0 Å². The minimum absolute atomic E-state index is 0.172. The third-order valence-corrected chi connectivity index (χ3v) is 4.27. The Morgan fingerprint density at radius 2 is 2.17 bits per heavy atom. The van der Waals surface area contributed by atoms with Gasteiger partial charge in [-0.3, -0.25) is 4.90 Å². The second-order valence-corrected chi connectivity index (χ2v) is 6.45. The standard InChI is InChI=1S/C14H23BrN2S/c1-4-13(16)14(17(2)8-9-18-3)11-6-5-7-12(15)10-11/h5-7,10,13-14H,4,8-9,16H2,1-3H3. The van der Waals surface area contributed by atoms with E-state index in [2.05, 4.69) is 65.3 Å². The molecule has 0 aromatic heterocycles. The summed E-state index contributed by atoms with van der Waals surface area (Å²) < 4.78 is 1.12. The maximum absolute atomic E-state index is 6.31. The summed E-state index contributed by atoms with van der Waals surface area (Å²) in [5.41, 5.74) is 7.60. The van der Waals surface area contributed by atoms with E-state index in [1.165, 1.54) is 5.56 Å². The highest BCUT2D eigenvalue weighted by molar-refractivity contribution is 9.10. The van der Waals surface area contributed by atoms with Crippen LogP contribution in [-0.4, -0.2) is 36.5 Å². The molecule has 2 nitrogen and oxygen atoms in total. The first-order chi connectivity index (χ1) is 8.60. The molecule has 0 radical (unpaired) electrons. The van der Waals surface area contributed by atoms with Crippen molar-refractivity contribution in [2.75, 3.05) is 25.6 Å². The van der Waals surface area contributed by atoms with Gasteiger partial charge in [0.05, 0.1) is 0 Å². The van der Waals surface area contributed by atoms with Crippen LogP contribution >= 0.6 is 27.7 Å². The van der Waals surface area contributed by atoms with Gasteiger partial charge in [-0.25, -0.2) is 0 Å². The number of benzene rings is 1. The normalized spacial score (nSPS) is 14.8. The molecule has 0 amide bonds. The number of hydrogen-bond acceptors (Lipinski definition) is 3. The van der Waals surface area contributed by atoms with Gasteiger partial charge < -0.3 is 5.73 Å². The van der Waals surface area contributed by atoms with Crippen LogP contribution in [0.3, 0.4) is 0 Å². The molecule has 1 rings (SSSR count). The van der Waals surface area contributed by atoms with Crippen LogP contribution in [0, 0.1) is 0 Å². The van der Waals surface area contributed by atoms with E-state index in [9.17, 15) is 0 Å². The van der Waals surface area contributed by atoms with Gasteiger partial charge in [-0.15, -0.1) is 0 Å². The van der Waals surface area contributed by atoms with Crippen molar-refractivity contribution in [3.8, 4) is 0 Å². The number of rotatable bonds is 7. The molecule has 2 unspecified atom stereocenters. The minimum atomic E-state index is 0.172. The van der Waals surface area contributed by atoms with Crippen LogP contribution in [0.5, 0.6) is 0 Å². The molecule has 1 aromatic carbocycles. The number of nitrogens with two attached hydrogens (primary N) is 1. The molecule has 2 atom stereocenters. The number of thioether (sulfide) groups is 1. The summed E-state index contributed by atoms with van der Waals surface area (Å²) in [5, 5.41) is 0. The molecule has 1 aromatic rings. The fraction of sp³-hybridized carbons (Fsp3) is 0.571. The molecule has 0 saturated heterocycles. The average molecular weight is 331 g/mol. The lowest BCUT2D eigenvalue weighted by atomic mass is 9.97. The van der Waals surface area contributed by atoms with Crippen molar-refractivity contribution in [3.63, 3.8) is 0 Å². The molecule has 102 valence electrons. The zero-order valence-corrected chi connectivity index (χ0v) is 13.8. The molecule has 0 saturated carbocycles. The molecule has 2 N–H and O–H groups in total. The van der Waals surface area contributed by atoms with Gasteiger partial charge in [0.2, 0.25) is 0 Å². The molecule has 0 bridgehead atoms. The summed E-state index contributed by atoms with van der Waals surface area (Å²) in [5.74, 6) is 1.14. The third-order valence-electron chi connectivity index (χ3n) is 3.19. The van der Waals surface area contributed by atoms with Gasteiger partial charge in [0, 0.05) is 28.9 Å². The van der Waals surface area contributed by atoms with Crippen LogP contribution in [0.2, 0.25) is 0 Å². The predicted octanol–water partition coefficient (Wildman–Crippen LogP) is 3.52. The highest BCUT2D eigenvalue weighted by Gasteiger charge is 2.22. The molecular weight excluding hydrogens is 308 g/mol. The van der Waals surface area contributed by atoms with E-state index in [0.717, 1.165) is 23.2 Å². The molecule has 0 fully saturated rings. The first-order valence-corrected chi connectivity index (χ1v) is 8.49. The Kier molecular flexibility index (Phi) is 7.30. The van der Waals surface area contributed by atoms with Gasteiger partial charge >= 0.3 is 0 Å². The van der Waals surface area contributed by atoms with Crippen molar-refractivity contribution in [2.45, 2.75) is 25.4 Å². The smallest absolute Gasteiger partial charge is 0.0496 e. The molecule has 0 aliphatic carbocycles. The van der Waals surface area contributed by atoms with Gasteiger partial charge in [-0.1, -0.05) is 35.0 Å². The molecule has 0 aliphatic heterocycles. The Balaban J connectivity index is 2.90. The number of hydrogen-bond donors (Lipinski definition) is 1. The Morgan fingerprint density at radius 1 is 1.44 bits per heavy atom. The molecule has 0 heterocycles. The lowest BCUT2D eigenvalue weighted by Crippen LogP contribution is -2.39. The van der Waals surface area contributed by atoms with Gasteiger partial charge in [0.25, 0.3) is 0 Å². The number of likely N-dealkylation sites (N-methyl/N-ethyl adjacent to an activating group) is 1. The van der Waals surface area contributed by atoms with Crippen LogP contribution in [0.4, 0.5) is 0 Å². The highest BCUT2D eigenvalue weighted by atomic mass is 79.9. The average Bonchev–Trinajstić information content (AvgIpc) is 2.36. The molecule has 0 spiro atoms. The van der Waals surface area contributed by atoms with E-state index in [1.54, 1.807) is 0 Å². The molecule has 0 aliphatic rings. The van der Waals surface area contributed by atoms with E-state index in [4.69, 9.17) is 5.73 Å². The van der Waals surface area contributed by atoms with Crippen LogP contribution in [0.25, 0.3) is 0 Å². The van der Waals surface area contributed by atoms with Crippen molar-refractivity contribution < 1.29 is 0 Å². The topological polar surface area (TPSA) is 29.3 Å². The van der Waals surface area contributed by atoms with Crippen molar-refractivity contribution in [1.82, 2.24) is 4.90 Å². The van der Waals surface area contributed by atoms with Crippen molar-refractivity contribution >= 4 is 27.7 Å². The summed E-state index contributed by atoms with van der Waals surface area (Å²) in [6.45, 7) is 3.21. The van der Waals surface area contributed by atoms with E-state index in [0.29, 0.717) is 6.04 Å². The highest BCUT2D eigenvalue weighted by Crippen LogP contribution is 2.26. The number of nitrogens with zero attached hydrogens (tertiary/aromatic N) is 1. The van der Waals surface area contributed by atoms with E-state index >= 15 is 0 Å². The summed E-state index contributed by atoms with van der Waals surface area (Å²) in [7, 11) is 2.16. The molecular formula is C14H23BrN2S. The van der Waals surface area contributed by atoms with Gasteiger partial charge in [-0.2, -0.15) is 11.8 Å². The summed E-state index contributed by atoms with van der Waals surface area (Å²) in [6.07, 6.45) is 3.13. The maximum atomic E-state index is 6.31. The molecule has 18 heavy (non-hydrogen) atoms. The zero-order chi connectivity index (χ0) is 13.5. The first-order valence-electron chi connectivity index (χ1n) is 6.30. The van der Waals surface area contributed by atoms with Crippen molar-refractivity contribution in [1.29, 1.82) is 0 Å². The Labute approximate surface area is 123 Å². The second kappa shape index (κ2) is 8.20. The monoisotopic (exact) mass is 330 g/mol. The summed E-state index contributed by atoms with van der Waals surface area (Å²) in [6, 6.07) is 8.94. The number of halogens is 1. The van der Waals surface area contributed by atoms with Gasteiger partial charge in [0.1, 0.15) is 0 Å². The van der Waals surface area contributed by atoms with Crippen LogP contribution < -0.4 is 5.73 Å². The summed E-state index contributed by atoms with van der Waals surface area (Å²) in [4.78, 5) is 2.37. The lowest BCUT2D eigenvalue weighted by molar-refractivity contribution is 0.221. The largest absolute Gasteiger partial charge is 0.326 e. The third kappa shape index (κ3) is 4.57. The Bertz CT molecular complexity index is 359. The minimum Gasteiger partial charge on any atom is -0.326 e. The zero-order valence-electron chi connectivity index (χ0n) is 11.4. The lowest BCUT2D eigenvalue weighted by Gasteiger charge is -2.32. The SMILES string of the molecule is CCC(N)C(c1cccc(Br)c1)N(C)CCSC. The van der Waals surface area contributed by atoms with Crippen molar-refractivity contribution in [2.24, 2.45) is 5.73 Å². The fourth-order valence-corrected chi connectivity index (χ4v) is 3.00. The van der Waals surface area contributed by atoms with E-state index < -0.39 is 0 Å². The van der Waals surface area contributed by atoms with Crippen LogP contribution in [0.1, 0.15) is 24.9 Å². The van der Waals surface area contributed by atoms with Crippen molar-refractivity contribution in [3.05, 3.63) is 34.3 Å². The van der Waals surface area contributed by atoms with E-state index in [1.807, 2.05) is 11.8 Å². The molecule has 4 heteroatoms. The van der Waals surface area contributed by atoms with Crippen LogP contribution in [0.15, 0.2) is 28.7 Å². The summed E-state index contributed by atoms with van der Waals surface area (Å²) >= 11 is 5.41. The Morgan fingerprint density at radius 3 is 2.72 bits per heavy atom. The van der Waals surface area contributed by atoms with Crippen LogP contribution in [-0.2, 0) is 0 Å². The van der Waals surface area contributed by atoms with E-state index in [-0.39, 0.29) is 6.04 Å². The second-order valence-electron chi connectivity index (χ2n) is 4.55. The fourth-order valence-electron chi connectivity index (χ4n) is 2.12. The predicted molar refractivity (Wildman–Crippen MR) is 86.2 cm³/mol. The Hall–Kier alpha value is -0.0300. The first kappa shape index (κ1) is 16.0. The quantitative estimate of drug-likeness (QED) is 0.829. The van der Waals surface area contributed by atoms with Gasteiger partial charge in [-0.05, 0) is 37.4 Å².